The van der Waals surface area contributed by atoms with Crippen LogP contribution in [0.25, 0.3) is 10.9 Å². The molecule has 2 N–H and O–H groups in total. The molecule has 0 aliphatic heterocycles. The molecular weight excluding hydrogens is 284 g/mol. The Bertz CT molecular complexity index is 565. The van der Waals surface area contributed by atoms with E-state index in [0.717, 1.165) is 50.3 Å². The van der Waals surface area contributed by atoms with Gasteiger partial charge in [0.25, 0.3) is 0 Å². The third kappa shape index (κ3) is 4.47. The van der Waals surface area contributed by atoms with Crippen molar-refractivity contribution in [3.8, 4) is 0 Å². The summed E-state index contributed by atoms with van der Waals surface area (Å²) in [7, 11) is 0. The average Bonchev–Trinajstić information content (AvgIpc) is 2.82. The van der Waals surface area contributed by atoms with E-state index in [0.29, 0.717) is 6.61 Å². The van der Waals surface area contributed by atoms with Crippen LogP contribution in [0.2, 0.25) is 5.02 Å². The van der Waals surface area contributed by atoms with Crippen molar-refractivity contribution in [2.45, 2.75) is 45.7 Å². The lowest BCUT2D eigenvalue weighted by molar-refractivity contribution is 0.282. The summed E-state index contributed by atoms with van der Waals surface area (Å²) in [5.41, 5.74) is 2.55. The molecule has 0 radical (unpaired) electrons. The molecule has 116 valence electrons. The van der Waals surface area contributed by atoms with E-state index in [1.807, 2.05) is 6.07 Å². The summed E-state index contributed by atoms with van der Waals surface area (Å²) in [4.78, 5) is 0. The molecule has 0 saturated carbocycles. The number of benzene rings is 1. The Hall–Kier alpha value is -1.03. The van der Waals surface area contributed by atoms with Crippen molar-refractivity contribution in [1.29, 1.82) is 0 Å². The molecule has 0 bridgehead atoms. The van der Waals surface area contributed by atoms with Gasteiger partial charge in [-0.1, -0.05) is 37.4 Å². The van der Waals surface area contributed by atoms with Crippen molar-refractivity contribution < 1.29 is 5.11 Å². The van der Waals surface area contributed by atoms with Crippen LogP contribution in [0, 0.1) is 0 Å². The number of hydrogen-bond acceptors (Lipinski definition) is 2. The Kier molecular flexibility index (Phi) is 6.55. The molecule has 0 aliphatic rings. The Balaban J connectivity index is 2.11. The molecular formula is C17H25ClN2O. The van der Waals surface area contributed by atoms with Gasteiger partial charge >= 0.3 is 0 Å². The number of aryl methyl sites for hydroxylation is 1. The lowest BCUT2D eigenvalue weighted by atomic mass is 10.2. The number of halogens is 1. The molecule has 4 heteroatoms. The van der Waals surface area contributed by atoms with E-state index in [1.165, 1.54) is 16.5 Å². The molecule has 2 aromatic rings. The number of aliphatic hydroxyl groups excluding tert-OH is 1. The minimum atomic E-state index is 0.300. The molecule has 3 nitrogen and oxygen atoms in total. The van der Waals surface area contributed by atoms with Crippen LogP contribution in [0.3, 0.4) is 0 Å². The highest BCUT2D eigenvalue weighted by Crippen LogP contribution is 2.25. The quantitative estimate of drug-likeness (QED) is 0.688. The number of unbranched alkanes of at least 4 members (excludes halogenated alkanes) is 3. The number of nitrogens with zero attached hydrogens (tertiary/aromatic N) is 1. The molecule has 0 atom stereocenters. The minimum Gasteiger partial charge on any atom is -0.396 e. The highest BCUT2D eigenvalue weighted by Gasteiger charge is 2.08. The van der Waals surface area contributed by atoms with E-state index in [-0.39, 0.29) is 0 Å². The zero-order valence-corrected chi connectivity index (χ0v) is 13.5. The zero-order valence-electron chi connectivity index (χ0n) is 12.7. The summed E-state index contributed by atoms with van der Waals surface area (Å²) in [6.07, 6.45) is 6.54. The SMILES string of the molecule is CCNCc1cn(CCCCCCO)c2cc(Cl)ccc12. The molecule has 0 unspecified atom stereocenters. The number of rotatable bonds is 9. The predicted octanol–water partition coefficient (Wildman–Crippen LogP) is 3.96. The summed E-state index contributed by atoms with van der Waals surface area (Å²) in [6.45, 7) is 5.30. The van der Waals surface area contributed by atoms with Gasteiger partial charge in [0.05, 0.1) is 0 Å². The topological polar surface area (TPSA) is 37.2 Å². The normalized spacial score (nSPS) is 11.4. The Labute approximate surface area is 131 Å². The molecule has 0 amide bonds. The van der Waals surface area contributed by atoms with E-state index >= 15 is 0 Å². The molecule has 21 heavy (non-hydrogen) atoms. The van der Waals surface area contributed by atoms with E-state index in [1.54, 1.807) is 0 Å². The van der Waals surface area contributed by atoms with Gasteiger partial charge in [0.2, 0.25) is 0 Å². The van der Waals surface area contributed by atoms with Crippen molar-refractivity contribution >= 4 is 22.5 Å². The van der Waals surface area contributed by atoms with Crippen molar-refractivity contribution in [1.82, 2.24) is 9.88 Å². The van der Waals surface area contributed by atoms with Gasteiger partial charge in [0, 0.05) is 41.8 Å². The summed E-state index contributed by atoms with van der Waals surface area (Å²) in [5, 5.41) is 14.3. The summed E-state index contributed by atoms with van der Waals surface area (Å²) >= 11 is 6.15. The first kappa shape index (κ1) is 16.3. The highest BCUT2D eigenvalue weighted by molar-refractivity contribution is 6.31. The molecule has 0 aliphatic carbocycles. The standard InChI is InChI=1S/C17H25ClN2O/c1-2-19-12-14-13-20(9-5-3-4-6-10-21)17-11-15(18)7-8-16(14)17/h7-8,11,13,19,21H,2-6,9-10,12H2,1H3. The summed E-state index contributed by atoms with van der Waals surface area (Å²) in [5.74, 6) is 0. The largest absolute Gasteiger partial charge is 0.396 e. The van der Waals surface area contributed by atoms with Crippen LogP contribution in [-0.2, 0) is 13.1 Å². The fraction of sp³-hybridized carbons (Fsp3) is 0.529. The van der Waals surface area contributed by atoms with Crippen molar-refractivity contribution in [2.75, 3.05) is 13.2 Å². The number of aromatic nitrogens is 1. The van der Waals surface area contributed by atoms with Crippen LogP contribution in [0.1, 0.15) is 38.2 Å². The third-order valence-corrected chi connectivity index (χ3v) is 4.03. The number of nitrogens with one attached hydrogen (secondary N) is 1. The maximum absolute atomic E-state index is 8.81. The summed E-state index contributed by atoms with van der Waals surface area (Å²) in [6, 6.07) is 6.14. The average molecular weight is 309 g/mol. The van der Waals surface area contributed by atoms with E-state index in [9.17, 15) is 0 Å². The minimum absolute atomic E-state index is 0.300. The molecule has 1 heterocycles. The monoisotopic (exact) mass is 308 g/mol. The second-order valence-corrected chi connectivity index (χ2v) is 5.86. The van der Waals surface area contributed by atoms with Gasteiger partial charge in [-0.15, -0.1) is 0 Å². The maximum atomic E-state index is 8.81. The van der Waals surface area contributed by atoms with E-state index in [4.69, 9.17) is 16.7 Å². The Morgan fingerprint density at radius 1 is 1.19 bits per heavy atom. The number of fused-ring (bicyclic) bond motifs is 1. The van der Waals surface area contributed by atoms with Gasteiger partial charge in [-0.05, 0) is 37.1 Å². The number of aliphatic hydroxyl groups is 1. The maximum Gasteiger partial charge on any atom is 0.0498 e. The fourth-order valence-electron chi connectivity index (χ4n) is 2.67. The van der Waals surface area contributed by atoms with E-state index < -0.39 is 0 Å². The van der Waals surface area contributed by atoms with Crippen molar-refractivity contribution in [3.63, 3.8) is 0 Å². The smallest absolute Gasteiger partial charge is 0.0498 e. The molecule has 0 fully saturated rings. The molecule has 0 saturated heterocycles. The highest BCUT2D eigenvalue weighted by atomic mass is 35.5. The van der Waals surface area contributed by atoms with Crippen LogP contribution in [0.5, 0.6) is 0 Å². The van der Waals surface area contributed by atoms with Crippen molar-refractivity contribution in [3.05, 3.63) is 35.0 Å². The van der Waals surface area contributed by atoms with Gasteiger partial charge in [-0.2, -0.15) is 0 Å². The van der Waals surface area contributed by atoms with Crippen LogP contribution < -0.4 is 5.32 Å². The van der Waals surface area contributed by atoms with Gasteiger partial charge in [0.1, 0.15) is 0 Å². The van der Waals surface area contributed by atoms with Crippen LogP contribution in [-0.4, -0.2) is 22.8 Å². The summed E-state index contributed by atoms with van der Waals surface area (Å²) < 4.78 is 2.31. The number of hydrogen-bond donors (Lipinski definition) is 2. The first-order valence-electron chi connectivity index (χ1n) is 7.85. The molecule has 1 aromatic carbocycles. The molecule has 0 spiro atoms. The lowest BCUT2D eigenvalue weighted by Crippen LogP contribution is -2.11. The first-order chi connectivity index (χ1) is 10.3. The van der Waals surface area contributed by atoms with Crippen molar-refractivity contribution in [2.24, 2.45) is 0 Å². The molecule has 2 rings (SSSR count). The zero-order chi connectivity index (χ0) is 15.1. The van der Waals surface area contributed by atoms with Gasteiger partial charge < -0.3 is 15.0 Å². The molecule has 1 aromatic heterocycles. The van der Waals surface area contributed by atoms with Gasteiger partial charge in [-0.25, -0.2) is 0 Å². The second kappa shape index (κ2) is 8.42. The second-order valence-electron chi connectivity index (χ2n) is 5.43. The third-order valence-electron chi connectivity index (χ3n) is 3.80. The van der Waals surface area contributed by atoms with Gasteiger partial charge in [-0.3, -0.25) is 0 Å². The van der Waals surface area contributed by atoms with E-state index in [2.05, 4.69) is 35.1 Å². The fourth-order valence-corrected chi connectivity index (χ4v) is 2.84. The van der Waals surface area contributed by atoms with Crippen LogP contribution >= 0.6 is 11.6 Å². The Morgan fingerprint density at radius 2 is 2.00 bits per heavy atom. The Morgan fingerprint density at radius 3 is 2.76 bits per heavy atom. The predicted molar refractivity (Wildman–Crippen MR) is 89.9 cm³/mol. The van der Waals surface area contributed by atoms with Gasteiger partial charge in [0.15, 0.2) is 0 Å². The lowest BCUT2D eigenvalue weighted by Gasteiger charge is -2.05. The van der Waals surface area contributed by atoms with Crippen LogP contribution in [0.15, 0.2) is 24.4 Å². The first-order valence-corrected chi connectivity index (χ1v) is 8.23. The van der Waals surface area contributed by atoms with Crippen LogP contribution in [0.4, 0.5) is 0 Å².